The van der Waals surface area contributed by atoms with Crippen LogP contribution in [-0.2, 0) is 23.0 Å². The monoisotopic (exact) mass is 372 g/mol. The second-order valence-electron chi connectivity index (χ2n) is 6.93. The van der Waals surface area contributed by atoms with Crippen LogP contribution in [0.15, 0.2) is 42.5 Å². The molecule has 0 saturated heterocycles. The van der Waals surface area contributed by atoms with Crippen molar-refractivity contribution in [2.45, 2.75) is 26.3 Å². The molecule has 2 aromatic carbocycles. The molecule has 0 unspecified atom stereocenters. The van der Waals surface area contributed by atoms with Gasteiger partial charge in [-0.1, -0.05) is 29.8 Å². The molecule has 1 heterocycles. The van der Waals surface area contributed by atoms with E-state index in [0.717, 1.165) is 24.0 Å². The number of sulfonamides is 1. The molecule has 0 radical (unpaired) electrons. The van der Waals surface area contributed by atoms with Gasteiger partial charge in [0.05, 0.1) is 11.9 Å². The molecule has 2 aromatic rings. The Labute approximate surface area is 155 Å². The molecular weight excluding hydrogens is 348 g/mol. The van der Waals surface area contributed by atoms with Crippen LogP contribution < -0.4 is 4.31 Å². The van der Waals surface area contributed by atoms with Crippen molar-refractivity contribution in [3.8, 4) is 0 Å². The Kier molecular flexibility index (Phi) is 5.05. The van der Waals surface area contributed by atoms with E-state index in [4.69, 9.17) is 0 Å². The highest BCUT2D eigenvalue weighted by Crippen LogP contribution is 2.30. The maximum atomic E-state index is 12.8. The number of anilines is 1. The summed E-state index contributed by atoms with van der Waals surface area (Å²) in [5.41, 5.74) is 4.46. The molecule has 1 aliphatic rings. The van der Waals surface area contributed by atoms with Gasteiger partial charge in [0, 0.05) is 25.7 Å². The maximum Gasteiger partial charge on any atom is 0.253 e. The third kappa shape index (κ3) is 3.90. The van der Waals surface area contributed by atoms with E-state index < -0.39 is 10.0 Å². The molecular formula is C20H24N2O3S. The number of benzene rings is 2. The van der Waals surface area contributed by atoms with Crippen molar-refractivity contribution in [1.82, 2.24) is 4.90 Å². The Balaban J connectivity index is 1.81. The van der Waals surface area contributed by atoms with E-state index in [1.54, 1.807) is 24.1 Å². The number of aryl methyl sites for hydroxylation is 2. The van der Waals surface area contributed by atoms with Crippen LogP contribution >= 0.6 is 0 Å². The van der Waals surface area contributed by atoms with E-state index in [-0.39, 0.29) is 5.91 Å². The van der Waals surface area contributed by atoms with Gasteiger partial charge in [0.2, 0.25) is 10.0 Å². The molecule has 0 bridgehead atoms. The number of fused-ring (bicyclic) bond motifs is 1. The molecule has 0 saturated carbocycles. The normalized spacial score (nSPS) is 14.0. The number of hydrogen-bond acceptors (Lipinski definition) is 3. The van der Waals surface area contributed by atoms with Gasteiger partial charge in [-0.2, -0.15) is 0 Å². The lowest BCUT2D eigenvalue weighted by molar-refractivity contribution is 0.0785. The van der Waals surface area contributed by atoms with Crippen molar-refractivity contribution >= 4 is 21.6 Å². The molecule has 3 rings (SSSR count). The molecule has 0 atom stereocenters. The van der Waals surface area contributed by atoms with Crippen LogP contribution in [0.25, 0.3) is 0 Å². The zero-order chi connectivity index (χ0) is 18.9. The lowest BCUT2D eigenvalue weighted by Crippen LogP contribution is -2.35. The number of nitrogens with zero attached hydrogens (tertiary/aromatic N) is 2. The van der Waals surface area contributed by atoms with Crippen molar-refractivity contribution in [2.24, 2.45) is 0 Å². The first-order valence-electron chi connectivity index (χ1n) is 8.67. The summed E-state index contributed by atoms with van der Waals surface area (Å²) in [4.78, 5) is 14.5. The van der Waals surface area contributed by atoms with Crippen LogP contribution in [0.4, 0.5) is 5.69 Å². The quantitative estimate of drug-likeness (QED) is 0.829. The molecule has 1 amide bonds. The fourth-order valence-electron chi connectivity index (χ4n) is 3.30. The fourth-order valence-corrected chi connectivity index (χ4v) is 4.30. The van der Waals surface area contributed by atoms with Crippen molar-refractivity contribution < 1.29 is 13.2 Å². The first-order valence-corrected chi connectivity index (χ1v) is 10.5. The molecule has 1 aliphatic heterocycles. The van der Waals surface area contributed by atoms with Gasteiger partial charge >= 0.3 is 0 Å². The van der Waals surface area contributed by atoms with Crippen LogP contribution in [0.5, 0.6) is 0 Å². The smallest absolute Gasteiger partial charge is 0.253 e. The summed E-state index contributed by atoms with van der Waals surface area (Å²) in [7, 11) is -1.51. The number of carbonyl (C=O) groups excluding carboxylic acids is 1. The third-order valence-electron chi connectivity index (χ3n) is 4.69. The van der Waals surface area contributed by atoms with E-state index >= 15 is 0 Å². The first kappa shape index (κ1) is 18.5. The highest BCUT2D eigenvalue weighted by molar-refractivity contribution is 7.92. The van der Waals surface area contributed by atoms with Gasteiger partial charge in [-0.3, -0.25) is 9.10 Å². The Hall–Kier alpha value is -2.34. The largest absolute Gasteiger partial charge is 0.337 e. The average molecular weight is 372 g/mol. The van der Waals surface area contributed by atoms with E-state index in [1.165, 1.54) is 16.1 Å². The zero-order valence-corrected chi connectivity index (χ0v) is 16.2. The minimum atomic E-state index is -3.29. The minimum Gasteiger partial charge on any atom is -0.337 e. The third-order valence-corrected chi connectivity index (χ3v) is 5.87. The van der Waals surface area contributed by atoms with E-state index in [0.29, 0.717) is 24.3 Å². The summed E-state index contributed by atoms with van der Waals surface area (Å²) in [6.07, 6.45) is 2.76. The van der Waals surface area contributed by atoms with Crippen LogP contribution in [0.2, 0.25) is 0 Å². The van der Waals surface area contributed by atoms with E-state index in [2.05, 4.69) is 0 Å². The standard InChI is InChI=1S/C20H24N2O3S/c1-15-6-8-16(9-7-15)14-21(2)20(23)18-10-11-19-17(13-18)5-4-12-22(19)26(3,24)25/h6-11,13H,4-5,12,14H2,1-3H3. The molecule has 0 aromatic heterocycles. The van der Waals surface area contributed by atoms with Crippen molar-refractivity contribution in [3.05, 3.63) is 64.7 Å². The molecule has 0 N–H and O–H groups in total. The summed E-state index contributed by atoms with van der Waals surface area (Å²) >= 11 is 0. The van der Waals surface area contributed by atoms with E-state index in [1.807, 2.05) is 37.3 Å². The molecule has 26 heavy (non-hydrogen) atoms. The van der Waals surface area contributed by atoms with Crippen LogP contribution in [0.3, 0.4) is 0 Å². The second-order valence-corrected chi connectivity index (χ2v) is 8.84. The average Bonchev–Trinajstić information content (AvgIpc) is 2.61. The van der Waals surface area contributed by atoms with Crippen LogP contribution in [0.1, 0.15) is 33.5 Å². The molecule has 0 spiro atoms. The van der Waals surface area contributed by atoms with Gasteiger partial charge in [-0.25, -0.2) is 8.42 Å². The molecule has 138 valence electrons. The SMILES string of the molecule is Cc1ccc(CN(C)C(=O)c2ccc3c(c2)CCCN3S(C)(=O)=O)cc1. The lowest BCUT2D eigenvalue weighted by atomic mass is 10.00. The van der Waals surface area contributed by atoms with Crippen LogP contribution in [0, 0.1) is 6.92 Å². The Morgan fingerprint density at radius 3 is 2.50 bits per heavy atom. The summed E-state index contributed by atoms with van der Waals surface area (Å²) < 4.78 is 25.3. The van der Waals surface area contributed by atoms with Gasteiger partial charge in [0.1, 0.15) is 0 Å². The maximum absolute atomic E-state index is 12.8. The Morgan fingerprint density at radius 2 is 1.85 bits per heavy atom. The van der Waals surface area contributed by atoms with Gasteiger partial charge < -0.3 is 4.90 Å². The van der Waals surface area contributed by atoms with Crippen molar-refractivity contribution in [1.29, 1.82) is 0 Å². The van der Waals surface area contributed by atoms with Crippen LogP contribution in [-0.4, -0.2) is 39.1 Å². The van der Waals surface area contributed by atoms with Crippen molar-refractivity contribution in [3.63, 3.8) is 0 Å². The summed E-state index contributed by atoms with van der Waals surface area (Å²) in [5.74, 6) is -0.0649. The topological polar surface area (TPSA) is 57.7 Å². The predicted molar refractivity (Wildman–Crippen MR) is 104 cm³/mol. The van der Waals surface area contributed by atoms with Gasteiger partial charge in [-0.15, -0.1) is 0 Å². The fraction of sp³-hybridized carbons (Fsp3) is 0.350. The van der Waals surface area contributed by atoms with Gasteiger partial charge in [-0.05, 0) is 49.1 Å². The zero-order valence-electron chi connectivity index (χ0n) is 15.4. The van der Waals surface area contributed by atoms with Gasteiger partial charge in [0.15, 0.2) is 0 Å². The highest BCUT2D eigenvalue weighted by atomic mass is 32.2. The summed E-state index contributed by atoms with van der Waals surface area (Å²) in [6.45, 7) is 3.06. The summed E-state index contributed by atoms with van der Waals surface area (Å²) in [6, 6.07) is 13.4. The predicted octanol–water partition coefficient (Wildman–Crippen LogP) is 2.98. The second kappa shape index (κ2) is 7.11. The number of carbonyl (C=O) groups is 1. The van der Waals surface area contributed by atoms with Crippen molar-refractivity contribution in [2.75, 3.05) is 24.2 Å². The minimum absolute atomic E-state index is 0.0649. The van der Waals surface area contributed by atoms with Gasteiger partial charge in [0.25, 0.3) is 5.91 Å². The summed E-state index contributed by atoms with van der Waals surface area (Å²) in [5, 5.41) is 0. The highest BCUT2D eigenvalue weighted by Gasteiger charge is 2.25. The molecule has 6 heteroatoms. The molecule has 0 aliphatic carbocycles. The molecule has 0 fully saturated rings. The lowest BCUT2D eigenvalue weighted by Gasteiger charge is -2.29. The Bertz CT molecular complexity index is 921. The number of hydrogen-bond donors (Lipinski definition) is 0. The van der Waals surface area contributed by atoms with E-state index in [9.17, 15) is 13.2 Å². The Morgan fingerprint density at radius 1 is 1.15 bits per heavy atom. The number of amides is 1. The molecule has 5 nitrogen and oxygen atoms in total. The number of rotatable bonds is 4. The first-order chi connectivity index (χ1) is 12.3.